The molecule has 0 aromatic heterocycles. The van der Waals surface area contributed by atoms with Crippen molar-refractivity contribution in [1.29, 1.82) is 0 Å². The lowest BCUT2D eigenvalue weighted by atomic mass is 9.92. The number of benzene rings is 1. The number of hydrogen-bond donors (Lipinski definition) is 2. The fourth-order valence-corrected chi connectivity index (χ4v) is 1.39. The summed E-state index contributed by atoms with van der Waals surface area (Å²) in [7, 11) is 0. The smallest absolute Gasteiger partial charge is 0.0350 e. The van der Waals surface area contributed by atoms with Crippen molar-refractivity contribution in [2.24, 2.45) is 0 Å². The minimum atomic E-state index is 0. The monoisotopic (exact) mass is 220 g/mol. The van der Waals surface area contributed by atoms with E-state index in [-0.39, 0.29) is 24.8 Å². The number of nitrogens with one attached hydrogen (secondary N) is 1. The Hall–Kier alpha value is -0.440. The molecule has 2 nitrogen and oxygen atoms in total. The first-order chi connectivity index (χ1) is 5.38. The highest BCUT2D eigenvalue weighted by atomic mass is 35.5. The molecule has 0 amide bonds. The molecule has 1 saturated heterocycles. The molecule has 1 aromatic rings. The van der Waals surface area contributed by atoms with E-state index in [9.17, 15) is 0 Å². The van der Waals surface area contributed by atoms with Crippen LogP contribution in [0.25, 0.3) is 0 Å². The maximum atomic E-state index is 5.80. The Morgan fingerprint density at radius 1 is 1.15 bits per heavy atom. The molecule has 13 heavy (non-hydrogen) atoms. The third kappa shape index (κ3) is 2.50. The summed E-state index contributed by atoms with van der Waals surface area (Å²) in [4.78, 5) is 0. The second-order valence-corrected chi connectivity index (χ2v) is 2.98. The molecule has 1 aliphatic rings. The Bertz CT molecular complexity index is 262. The molecule has 0 atom stereocenters. The van der Waals surface area contributed by atoms with Gasteiger partial charge in [-0.1, -0.05) is 18.2 Å². The zero-order chi connectivity index (χ0) is 7.68. The van der Waals surface area contributed by atoms with E-state index in [1.807, 2.05) is 18.2 Å². The molecule has 0 radical (unpaired) electrons. The summed E-state index contributed by atoms with van der Waals surface area (Å²) < 4.78 is 0. The molecule has 1 heterocycles. The number of anilines is 1. The Morgan fingerprint density at radius 2 is 1.77 bits per heavy atom. The highest BCUT2D eigenvalue weighted by molar-refractivity contribution is 5.85. The summed E-state index contributed by atoms with van der Waals surface area (Å²) in [6.45, 7) is 2.16. The van der Waals surface area contributed by atoms with E-state index in [0.29, 0.717) is 5.92 Å². The van der Waals surface area contributed by atoms with Gasteiger partial charge in [-0.15, -0.1) is 24.8 Å². The van der Waals surface area contributed by atoms with Crippen LogP contribution in [0.1, 0.15) is 11.5 Å². The molecular formula is C9H14Cl2N2. The van der Waals surface area contributed by atoms with Crippen molar-refractivity contribution in [3.8, 4) is 0 Å². The van der Waals surface area contributed by atoms with Crippen molar-refractivity contribution >= 4 is 30.5 Å². The summed E-state index contributed by atoms with van der Waals surface area (Å²) in [6.07, 6.45) is 0. The molecule has 1 fully saturated rings. The first-order valence-corrected chi connectivity index (χ1v) is 3.93. The topological polar surface area (TPSA) is 38.0 Å². The molecule has 74 valence electrons. The van der Waals surface area contributed by atoms with Gasteiger partial charge in [0.15, 0.2) is 0 Å². The summed E-state index contributed by atoms with van der Waals surface area (Å²) in [5.74, 6) is 0.649. The van der Waals surface area contributed by atoms with Gasteiger partial charge in [-0.3, -0.25) is 0 Å². The van der Waals surface area contributed by atoms with E-state index in [2.05, 4.69) is 11.4 Å². The molecule has 1 aromatic carbocycles. The normalized spacial score (nSPS) is 15.1. The quantitative estimate of drug-likeness (QED) is 0.709. The van der Waals surface area contributed by atoms with Gasteiger partial charge in [-0.25, -0.2) is 0 Å². The van der Waals surface area contributed by atoms with Crippen molar-refractivity contribution in [3.63, 3.8) is 0 Å². The largest absolute Gasteiger partial charge is 0.398 e. The van der Waals surface area contributed by atoms with Crippen LogP contribution in [0.3, 0.4) is 0 Å². The van der Waals surface area contributed by atoms with Gasteiger partial charge in [-0.05, 0) is 11.6 Å². The number of para-hydroxylation sites is 1. The number of nitrogen functional groups attached to an aromatic ring is 1. The summed E-state index contributed by atoms with van der Waals surface area (Å²) in [6, 6.07) is 8.10. The van der Waals surface area contributed by atoms with Gasteiger partial charge >= 0.3 is 0 Å². The fourth-order valence-electron chi connectivity index (χ4n) is 1.39. The Labute approximate surface area is 90.7 Å². The van der Waals surface area contributed by atoms with Gasteiger partial charge in [0.2, 0.25) is 0 Å². The maximum Gasteiger partial charge on any atom is 0.0350 e. The van der Waals surface area contributed by atoms with Crippen LogP contribution in [0.15, 0.2) is 24.3 Å². The van der Waals surface area contributed by atoms with Crippen molar-refractivity contribution in [1.82, 2.24) is 5.32 Å². The van der Waals surface area contributed by atoms with Gasteiger partial charge in [0.05, 0.1) is 0 Å². The van der Waals surface area contributed by atoms with E-state index in [1.54, 1.807) is 0 Å². The van der Waals surface area contributed by atoms with Crippen molar-refractivity contribution in [3.05, 3.63) is 29.8 Å². The van der Waals surface area contributed by atoms with E-state index in [4.69, 9.17) is 5.73 Å². The van der Waals surface area contributed by atoms with Crippen LogP contribution in [0, 0.1) is 0 Å². The molecule has 3 N–H and O–H groups in total. The lowest BCUT2D eigenvalue weighted by Gasteiger charge is -2.28. The summed E-state index contributed by atoms with van der Waals surface area (Å²) in [5.41, 5.74) is 8.03. The van der Waals surface area contributed by atoms with Crippen LogP contribution in [0.4, 0.5) is 5.69 Å². The zero-order valence-corrected chi connectivity index (χ0v) is 8.83. The maximum absolute atomic E-state index is 5.80. The SMILES string of the molecule is Cl.Cl.Nc1ccccc1C1CNC1. The number of rotatable bonds is 1. The van der Waals surface area contributed by atoms with Crippen LogP contribution in [0.2, 0.25) is 0 Å². The van der Waals surface area contributed by atoms with Crippen LogP contribution in [-0.4, -0.2) is 13.1 Å². The Kier molecular flexibility index (Phi) is 5.14. The minimum absolute atomic E-state index is 0. The van der Waals surface area contributed by atoms with E-state index in [0.717, 1.165) is 18.8 Å². The van der Waals surface area contributed by atoms with Crippen LogP contribution in [-0.2, 0) is 0 Å². The van der Waals surface area contributed by atoms with Crippen LogP contribution >= 0.6 is 24.8 Å². The Morgan fingerprint density at radius 3 is 2.23 bits per heavy atom. The van der Waals surface area contributed by atoms with Gasteiger partial charge in [0.25, 0.3) is 0 Å². The molecule has 4 heteroatoms. The zero-order valence-electron chi connectivity index (χ0n) is 7.19. The second kappa shape index (κ2) is 5.32. The second-order valence-electron chi connectivity index (χ2n) is 2.98. The average molecular weight is 221 g/mol. The Balaban J connectivity index is 0.000000720. The van der Waals surface area contributed by atoms with Crippen molar-refractivity contribution in [2.75, 3.05) is 18.8 Å². The standard InChI is InChI=1S/C9H12N2.2ClH/c10-9-4-2-1-3-8(9)7-5-11-6-7;;/h1-4,7,11H,5-6,10H2;2*1H. The fraction of sp³-hybridized carbons (Fsp3) is 0.333. The van der Waals surface area contributed by atoms with Crippen LogP contribution in [0.5, 0.6) is 0 Å². The third-order valence-corrected chi connectivity index (χ3v) is 2.22. The van der Waals surface area contributed by atoms with E-state index >= 15 is 0 Å². The summed E-state index contributed by atoms with van der Waals surface area (Å²) in [5, 5.41) is 3.23. The van der Waals surface area contributed by atoms with Crippen molar-refractivity contribution in [2.45, 2.75) is 5.92 Å². The third-order valence-electron chi connectivity index (χ3n) is 2.22. The van der Waals surface area contributed by atoms with E-state index in [1.165, 1.54) is 5.56 Å². The first-order valence-electron chi connectivity index (χ1n) is 3.93. The highest BCUT2D eigenvalue weighted by Gasteiger charge is 2.19. The molecule has 0 unspecified atom stereocenters. The van der Waals surface area contributed by atoms with E-state index < -0.39 is 0 Å². The van der Waals surface area contributed by atoms with Gasteiger partial charge in [-0.2, -0.15) is 0 Å². The number of halogens is 2. The lowest BCUT2D eigenvalue weighted by molar-refractivity contribution is 0.449. The van der Waals surface area contributed by atoms with Crippen molar-refractivity contribution < 1.29 is 0 Å². The lowest BCUT2D eigenvalue weighted by Crippen LogP contribution is -2.40. The predicted molar refractivity (Wildman–Crippen MR) is 61.0 cm³/mol. The predicted octanol–water partition coefficient (Wildman–Crippen LogP) is 1.80. The molecule has 0 saturated carbocycles. The van der Waals surface area contributed by atoms with Crippen LogP contribution < -0.4 is 11.1 Å². The van der Waals surface area contributed by atoms with Gasteiger partial charge in [0.1, 0.15) is 0 Å². The first kappa shape index (κ1) is 12.6. The number of hydrogen-bond acceptors (Lipinski definition) is 2. The average Bonchev–Trinajstić information content (AvgIpc) is 1.90. The molecule has 0 bridgehead atoms. The highest BCUT2D eigenvalue weighted by Crippen LogP contribution is 2.24. The van der Waals surface area contributed by atoms with Gasteiger partial charge < -0.3 is 11.1 Å². The molecule has 2 rings (SSSR count). The summed E-state index contributed by atoms with van der Waals surface area (Å²) >= 11 is 0. The number of nitrogens with two attached hydrogens (primary N) is 1. The molecule has 0 aliphatic carbocycles. The van der Waals surface area contributed by atoms with Gasteiger partial charge in [0, 0.05) is 24.7 Å². The minimum Gasteiger partial charge on any atom is -0.398 e. The molecular weight excluding hydrogens is 207 g/mol. The molecule has 0 spiro atoms. The molecule has 1 aliphatic heterocycles.